The highest BCUT2D eigenvalue weighted by molar-refractivity contribution is 6.31. The molecule has 4 nitrogen and oxygen atoms in total. The lowest BCUT2D eigenvalue weighted by atomic mass is 10.1. The van der Waals surface area contributed by atoms with Crippen LogP contribution in [-0.4, -0.2) is 22.0 Å². The Morgan fingerprint density at radius 1 is 1.47 bits per heavy atom. The van der Waals surface area contributed by atoms with Gasteiger partial charge in [-0.3, -0.25) is 4.79 Å². The lowest BCUT2D eigenvalue weighted by Gasteiger charge is -2.06. The van der Waals surface area contributed by atoms with E-state index in [4.69, 9.17) is 11.6 Å². The molecule has 0 saturated heterocycles. The Bertz CT molecular complexity index is 592. The summed E-state index contributed by atoms with van der Waals surface area (Å²) in [5.74, 6) is 0.832. The number of nitrogens with zero attached hydrogens (tertiary/aromatic N) is 2. The van der Waals surface area contributed by atoms with Gasteiger partial charge in [0.25, 0.3) is 5.91 Å². The summed E-state index contributed by atoms with van der Waals surface area (Å²) >= 11 is 6.00. The molecule has 1 N–H and O–H groups in total. The summed E-state index contributed by atoms with van der Waals surface area (Å²) in [6.07, 6.45) is 4.34. The lowest BCUT2D eigenvalue weighted by molar-refractivity contribution is 0.0954. The third kappa shape index (κ3) is 3.35. The van der Waals surface area contributed by atoms with Gasteiger partial charge in [0.15, 0.2) is 0 Å². The number of carbonyl (C=O) groups excluding carboxylic acids is 1. The minimum absolute atomic E-state index is 0.115. The molecule has 0 atom stereocenters. The second kappa shape index (κ2) is 5.89. The van der Waals surface area contributed by atoms with Crippen molar-refractivity contribution in [1.82, 2.24) is 14.9 Å². The molecule has 2 aromatic rings. The molecule has 2 rings (SSSR count). The van der Waals surface area contributed by atoms with Crippen LogP contribution < -0.4 is 5.32 Å². The summed E-state index contributed by atoms with van der Waals surface area (Å²) in [5.41, 5.74) is 1.54. The number of hydrogen-bond acceptors (Lipinski definition) is 2. The third-order valence-corrected chi connectivity index (χ3v) is 3.40. The molecule has 0 aliphatic rings. The molecule has 0 radical (unpaired) electrons. The van der Waals surface area contributed by atoms with Crippen LogP contribution in [0.25, 0.3) is 0 Å². The number of imidazole rings is 1. The zero-order valence-electron chi connectivity index (χ0n) is 11.0. The fourth-order valence-electron chi connectivity index (χ4n) is 1.76. The predicted molar refractivity (Wildman–Crippen MR) is 75.4 cm³/mol. The first kappa shape index (κ1) is 13.6. The van der Waals surface area contributed by atoms with Crippen molar-refractivity contribution >= 4 is 17.5 Å². The summed E-state index contributed by atoms with van der Waals surface area (Å²) in [6, 6.07) is 5.31. The van der Waals surface area contributed by atoms with Crippen LogP contribution in [-0.2, 0) is 13.5 Å². The maximum Gasteiger partial charge on any atom is 0.251 e. The van der Waals surface area contributed by atoms with Gasteiger partial charge in [0, 0.05) is 43.0 Å². The van der Waals surface area contributed by atoms with Crippen molar-refractivity contribution < 1.29 is 4.79 Å². The molecule has 0 fully saturated rings. The van der Waals surface area contributed by atoms with Gasteiger partial charge in [0.2, 0.25) is 0 Å². The largest absolute Gasteiger partial charge is 0.352 e. The van der Waals surface area contributed by atoms with Crippen LogP contribution >= 0.6 is 11.6 Å². The van der Waals surface area contributed by atoms with Crippen molar-refractivity contribution in [1.29, 1.82) is 0 Å². The minimum Gasteiger partial charge on any atom is -0.352 e. The van der Waals surface area contributed by atoms with E-state index in [1.165, 1.54) is 0 Å². The Kier molecular flexibility index (Phi) is 4.22. The fourth-order valence-corrected chi connectivity index (χ4v) is 1.94. The van der Waals surface area contributed by atoms with E-state index in [2.05, 4.69) is 10.3 Å². The predicted octanol–water partition coefficient (Wildman–Crippen LogP) is 2.35. The molecule has 1 heterocycles. The first-order valence-corrected chi connectivity index (χ1v) is 6.46. The molecule has 0 bridgehead atoms. The van der Waals surface area contributed by atoms with Crippen molar-refractivity contribution in [3.8, 4) is 0 Å². The van der Waals surface area contributed by atoms with E-state index in [9.17, 15) is 4.79 Å². The Labute approximate surface area is 117 Å². The SMILES string of the molecule is Cc1ccc(C(=O)NCCc2nccn2C)cc1Cl. The highest BCUT2D eigenvalue weighted by atomic mass is 35.5. The first-order chi connectivity index (χ1) is 9.08. The van der Waals surface area contributed by atoms with Gasteiger partial charge in [-0.05, 0) is 24.6 Å². The zero-order chi connectivity index (χ0) is 13.8. The average molecular weight is 278 g/mol. The van der Waals surface area contributed by atoms with Crippen molar-refractivity contribution in [3.05, 3.63) is 52.6 Å². The normalized spacial score (nSPS) is 10.5. The quantitative estimate of drug-likeness (QED) is 0.932. The van der Waals surface area contributed by atoms with Crippen molar-refractivity contribution in [2.24, 2.45) is 7.05 Å². The number of nitrogens with one attached hydrogen (secondary N) is 1. The summed E-state index contributed by atoms with van der Waals surface area (Å²) in [6.45, 7) is 2.46. The fraction of sp³-hybridized carbons (Fsp3) is 0.286. The van der Waals surface area contributed by atoms with Gasteiger partial charge >= 0.3 is 0 Å². The molecule has 100 valence electrons. The molecule has 0 spiro atoms. The van der Waals surface area contributed by atoms with E-state index >= 15 is 0 Å². The lowest BCUT2D eigenvalue weighted by Crippen LogP contribution is -2.26. The number of rotatable bonds is 4. The van der Waals surface area contributed by atoms with Crippen LogP contribution in [0.15, 0.2) is 30.6 Å². The van der Waals surface area contributed by atoms with Crippen molar-refractivity contribution in [2.45, 2.75) is 13.3 Å². The van der Waals surface area contributed by atoms with E-state index in [1.54, 1.807) is 18.3 Å². The molecule has 19 heavy (non-hydrogen) atoms. The van der Waals surface area contributed by atoms with E-state index in [0.717, 1.165) is 11.4 Å². The summed E-state index contributed by atoms with van der Waals surface area (Å²) < 4.78 is 1.94. The highest BCUT2D eigenvalue weighted by Crippen LogP contribution is 2.16. The second-order valence-electron chi connectivity index (χ2n) is 4.42. The van der Waals surface area contributed by atoms with Gasteiger partial charge in [-0.1, -0.05) is 17.7 Å². The van der Waals surface area contributed by atoms with E-state index < -0.39 is 0 Å². The standard InChI is InChI=1S/C14H16ClN3O/c1-10-3-4-11(9-12(10)15)14(19)17-6-5-13-16-7-8-18(13)2/h3-4,7-9H,5-6H2,1-2H3,(H,17,19). The number of hydrogen-bond donors (Lipinski definition) is 1. The third-order valence-electron chi connectivity index (χ3n) is 2.99. The maximum absolute atomic E-state index is 11.9. The van der Waals surface area contributed by atoms with Crippen molar-refractivity contribution in [3.63, 3.8) is 0 Å². The molecule has 5 heteroatoms. The molecule has 0 aliphatic carbocycles. The van der Waals surface area contributed by atoms with Crippen LogP contribution in [0, 0.1) is 6.92 Å². The molecular formula is C14H16ClN3O. The van der Waals surface area contributed by atoms with Crippen molar-refractivity contribution in [2.75, 3.05) is 6.54 Å². The Hall–Kier alpha value is -1.81. The first-order valence-electron chi connectivity index (χ1n) is 6.08. The summed E-state index contributed by atoms with van der Waals surface area (Å²) in [4.78, 5) is 16.1. The van der Waals surface area contributed by atoms with Crippen LogP contribution in [0.3, 0.4) is 0 Å². The maximum atomic E-state index is 11.9. The van der Waals surface area contributed by atoms with Gasteiger partial charge < -0.3 is 9.88 Å². The summed E-state index contributed by atoms with van der Waals surface area (Å²) in [7, 11) is 1.93. The number of amides is 1. The molecule has 1 aromatic heterocycles. The Balaban J connectivity index is 1.91. The molecule has 0 saturated carbocycles. The second-order valence-corrected chi connectivity index (χ2v) is 4.83. The highest BCUT2D eigenvalue weighted by Gasteiger charge is 2.07. The molecular weight excluding hydrogens is 262 g/mol. The summed E-state index contributed by atoms with van der Waals surface area (Å²) in [5, 5.41) is 3.47. The number of benzene rings is 1. The van der Waals surface area contributed by atoms with Gasteiger partial charge in [-0.15, -0.1) is 0 Å². The van der Waals surface area contributed by atoms with Gasteiger partial charge in [-0.2, -0.15) is 0 Å². The number of halogens is 1. The van der Waals surface area contributed by atoms with E-state index in [-0.39, 0.29) is 5.91 Å². The van der Waals surface area contributed by atoms with E-state index in [0.29, 0.717) is 23.6 Å². The smallest absolute Gasteiger partial charge is 0.251 e. The van der Waals surface area contributed by atoms with Crippen LogP contribution in [0.1, 0.15) is 21.7 Å². The topological polar surface area (TPSA) is 46.9 Å². The number of aryl methyl sites for hydroxylation is 2. The van der Waals surface area contributed by atoms with Crippen LogP contribution in [0.2, 0.25) is 5.02 Å². The number of aromatic nitrogens is 2. The Morgan fingerprint density at radius 3 is 2.89 bits per heavy atom. The van der Waals surface area contributed by atoms with Crippen LogP contribution in [0.5, 0.6) is 0 Å². The average Bonchev–Trinajstić information content (AvgIpc) is 2.78. The molecule has 0 aliphatic heterocycles. The van der Waals surface area contributed by atoms with Gasteiger partial charge in [-0.25, -0.2) is 4.98 Å². The monoisotopic (exact) mass is 277 g/mol. The molecule has 0 unspecified atom stereocenters. The van der Waals surface area contributed by atoms with E-state index in [1.807, 2.05) is 30.8 Å². The number of carbonyl (C=O) groups is 1. The molecule has 1 amide bonds. The minimum atomic E-state index is -0.115. The zero-order valence-corrected chi connectivity index (χ0v) is 11.7. The van der Waals surface area contributed by atoms with Gasteiger partial charge in [0.1, 0.15) is 5.82 Å². The van der Waals surface area contributed by atoms with Gasteiger partial charge in [0.05, 0.1) is 0 Å². The van der Waals surface area contributed by atoms with Crippen LogP contribution in [0.4, 0.5) is 0 Å². The Morgan fingerprint density at radius 2 is 2.26 bits per heavy atom. The molecule has 1 aromatic carbocycles.